The molecule has 0 amide bonds. The fraction of sp³-hybridized carbons (Fsp3) is 0. The smallest absolute Gasteiger partial charge is 0.335 e. The molecule has 5 nitrogen and oxygen atoms in total. The normalized spacial score (nSPS) is 8.58. The van der Waals surface area contributed by atoms with Gasteiger partial charge in [-0.25, -0.2) is 4.79 Å². The Bertz CT molecular complexity index is 558. The summed E-state index contributed by atoms with van der Waals surface area (Å²) in [6.07, 6.45) is 1.52. The summed E-state index contributed by atoms with van der Waals surface area (Å²) in [5.41, 5.74) is 0.331. The quantitative estimate of drug-likeness (QED) is 0.807. The Labute approximate surface area is 109 Å². The topological polar surface area (TPSA) is 90.5 Å². The highest BCUT2D eigenvalue weighted by molar-refractivity contribution is 5.87. The van der Waals surface area contributed by atoms with Crippen molar-refractivity contribution in [3.63, 3.8) is 0 Å². The highest BCUT2D eigenvalue weighted by Gasteiger charge is 1.96. The van der Waals surface area contributed by atoms with Crippen molar-refractivity contribution in [2.24, 2.45) is 0 Å². The second kappa shape index (κ2) is 7.35. The van der Waals surface area contributed by atoms with Gasteiger partial charge in [-0.3, -0.25) is 0 Å². The maximum Gasteiger partial charge on any atom is 0.335 e. The third kappa shape index (κ3) is 5.24. The van der Waals surface area contributed by atoms with Gasteiger partial charge < -0.3 is 14.9 Å². The van der Waals surface area contributed by atoms with Crippen LogP contribution in [0.15, 0.2) is 54.6 Å². The number of hydrogen-bond donors (Lipinski definition) is 2. The number of hydrogen-bond acceptors (Lipinski definition) is 4. The summed E-state index contributed by atoms with van der Waals surface area (Å²) < 4.78 is 4.46. The van der Waals surface area contributed by atoms with Crippen LogP contribution in [0.1, 0.15) is 10.4 Å². The van der Waals surface area contributed by atoms with Gasteiger partial charge in [-0.1, -0.05) is 18.2 Å². The fourth-order valence-corrected chi connectivity index (χ4v) is 1.15. The lowest BCUT2D eigenvalue weighted by Crippen LogP contribution is -1.93. The van der Waals surface area contributed by atoms with Crippen molar-refractivity contribution in [2.45, 2.75) is 0 Å². The van der Waals surface area contributed by atoms with Crippen LogP contribution < -0.4 is 4.74 Å². The Morgan fingerprint density at radius 3 is 2.05 bits per heavy atom. The highest BCUT2D eigenvalue weighted by atomic mass is 16.5. The first-order valence-corrected chi connectivity index (χ1v) is 5.27. The van der Waals surface area contributed by atoms with E-state index in [0.29, 0.717) is 11.3 Å². The largest absolute Gasteiger partial charge is 0.508 e. The van der Waals surface area contributed by atoms with E-state index in [-0.39, 0.29) is 5.75 Å². The average Bonchev–Trinajstić information content (AvgIpc) is 2.43. The van der Waals surface area contributed by atoms with Crippen LogP contribution in [0, 0.1) is 11.5 Å². The van der Waals surface area contributed by atoms with Crippen molar-refractivity contribution in [3.8, 4) is 17.8 Å². The summed E-state index contributed by atoms with van der Waals surface area (Å²) in [6.45, 7) is 0. The van der Waals surface area contributed by atoms with E-state index in [4.69, 9.17) is 15.5 Å². The molecular weight excluding hydrogens is 246 g/mol. The van der Waals surface area contributed by atoms with Crippen molar-refractivity contribution in [1.82, 2.24) is 0 Å². The molecule has 0 heterocycles. The highest BCUT2D eigenvalue weighted by Crippen LogP contribution is 2.14. The molecule has 2 rings (SSSR count). The van der Waals surface area contributed by atoms with Gasteiger partial charge in [-0.2, -0.15) is 0 Å². The zero-order valence-corrected chi connectivity index (χ0v) is 9.85. The van der Waals surface area contributed by atoms with E-state index in [1.165, 1.54) is 30.5 Å². The van der Waals surface area contributed by atoms with Gasteiger partial charge in [0.1, 0.15) is 11.5 Å². The molecule has 2 aromatic carbocycles. The number of phenolic OH excluding ortho intramolecular Hbond substituents is 1. The van der Waals surface area contributed by atoms with Gasteiger partial charge >= 0.3 is 5.97 Å². The Morgan fingerprint density at radius 1 is 1.05 bits per heavy atom. The number of nitrogens with zero attached hydrogens (tertiary/aromatic N) is 1. The minimum Gasteiger partial charge on any atom is -0.508 e. The fourth-order valence-electron chi connectivity index (χ4n) is 1.15. The number of carbonyl (C=O) groups is 1. The molecule has 0 radical (unpaired) electrons. The zero-order valence-electron chi connectivity index (χ0n) is 9.85. The molecule has 96 valence electrons. The SMILES string of the molecule is N#COc1ccc(O)cc1.O=C(O)c1ccccc1. The molecule has 19 heavy (non-hydrogen) atoms. The van der Waals surface area contributed by atoms with Crippen molar-refractivity contribution < 1.29 is 19.7 Å². The van der Waals surface area contributed by atoms with Crippen LogP contribution in [0.3, 0.4) is 0 Å². The number of carboxylic acids is 1. The second-order valence-electron chi connectivity index (χ2n) is 3.36. The molecule has 0 aromatic heterocycles. The number of aromatic hydroxyl groups is 1. The van der Waals surface area contributed by atoms with Crippen molar-refractivity contribution >= 4 is 5.97 Å². The summed E-state index contributed by atoms with van der Waals surface area (Å²) in [7, 11) is 0. The lowest BCUT2D eigenvalue weighted by Gasteiger charge is -1.93. The number of benzene rings is 2. The van der Waals surface area contributed by atoms with E-state index in [9.17, 15) is 4.79 Å². The number of ether oxygens (including phenoxy) is 1. The lowest BCUT2D eigenvalue weighted by atomic mass is 10.2. The zero-order chi connectivity index (χ0) is 14.1. The van der Waals surface area contributed by atoms with Crippen LogP contribution in [0.5, 0.6) is 11.5 Å². The molecule has 2 aromatic rings. The number of phenols is 1. The van der Waals surface area contributed by atoms with Crippen LogP contribution in [-0.2, 0) is 0 Å². The lowest BCUT2D eigenvalue weighted by molar-refractivity contribution is 0.0697. The molecule has 0 aliphatic rings. The Hall–Kier alpha value is -3.00. The standard InChI is InChI=1S/C7H5NO2.C7H6O2/c8-5-10-7-3-1-6(9)2-4-7;8-7(9)6-4-2-1-3-5-6/h1-4,9H;1-5H,(H,8,9). The number of rotatable bonds is 2. The summed E-state index contributed by atoms with van der Waals surface area (Å²) in [4.78, 5) is 10.2. The first-order valence-electron chi connectivity index (χ1n) is 5.27. The molecule has 0 saturated heterocycles. The van der Waals surface area contributed by atoms with Gasteiger partial charge in [0.15, 0.2) is 0 Å². The summed E-state index contributed by atoms with van der Waals surface area (Å²) in [5.74, 6) is -0.291. The van der Waals surface area contributed by atoms with Crippen LogP contribution in [-0.4, -0.2) is 16.2 Å². The van der Waals surface area contributed by atoms with Crippen LogP contribution >= 0.6 is 0 Å². The van der Waals surface area contributed by atoms with E-state index in [0.717, 1.165) is 0 Å². The maximum absolute atomic E-state index is 10.2. The molecule has 0 unspecified atom stereocenters. The second-order valence-corrected chi connectivity index (χ2v) is 3.36. The minimum atomic E-state index is -0.879. The molecule has 0 bridgehead atoms. The predicted octanol–water partition coefficient (Wildman–Crippen LogP) is 2.64. The first-order chi connectivity index (χ1) is 9.13. The molecule has 0 saturated carbocycles. The molecule has 0 fully saturated rings. The maximum atomic E-state index is 10.2. The average molecular weight is 257 g/mol. The Balaban J connectivity index is 0.000000191. The van der Waals surface area contributed by atoms with Crippen LogP contribution in [0.25, 0.3) is 0 Å². The van der Waals surface area contributed by atoms with Gasteiger partial charge in [0.25, 0.3) is 6.26 Å². The van der Waals surface area contributed by atoms with E-state index in [1.807, 2.05) is 0 Å². The van der Waals surface area contributed by atoms with Gasteiger partial charge in [-0.05, 0) is 36.4 Å². The van der Waals surface area contributed by atoms with Crippen molar-refractivity contribution in [2.75, 3.05) is 0 Å². The van der Waals surface area contributed by atoms with Gasteiger partial charge in [0, 0.05) is 0 Å². The third-order valence-corrected chi connectivity index (χ3v) is 2.02. The molecule has 2 N–H and O–H groups in total. The summed E-state index contributed by atoms with van der Waals surface area (Å²) >= 11 is 0. The number of aromatic carboxylic acids is 1. The summed E-state index contributed by atoms with van der Waals surface area (Å²) in [5, 5.41) is 25.2. The van der Waals surface area contributed by atoms with Crippen molar-refractivity contribution in [3.05, 3.63) is 60.2 Å². The predicted molar refractivity (Wildman–Crippen MR) is 67.7 cm³/mol. The van der Waals surface area contributed by atoms with E-state index >= 15 is 0 Å². The summed E-state index contributed by atoms with van der Waals surface area (Å²) in [6, 6.07) is 14.2. The van der Waals surface area contributed by atoms with Gasteiger partial charge in [0.2, 0.25) is 0 Å². The minimum absolute atomic E-state index is 0.158. The molecular formula is C14H11NO4. The van der Waals surface area contributed by atoms with Gasteiger partial charge in [0.05, 0.1) is 5.56 Å². The van der Waals surface area contributed by atoms with Gasteiger partial charge in [-0.15, -0.1) is 5.26 Å². The first kappa shape index (κ1) is 14.1. The molecule has 0 aliphatic heterocycles. The molecule has 0 aliphatic carbocycles. The monoisotopic (exact) mass is 257 g/mol. The van der Waals surface area contributed by atoms with Crippen LogP contribution in [0.4, 0.5) is 0 Å². The molecule has 5 heteroatoms. The van der Waals surface area contributed by atoms with E-state index in [2.05, 4.69) is 4.74 Å². The Morgan fingerprint density at radius 2 is 1.63 bits per heavy atom. The van der Waals surface area contributed by atoms with Crippen LogP contribution in [0.2, 0.25) is 0 Å². The van der Waals surface area contributed by atoms with E-state index in [1.54, 1.807) is 30.3 Å². The molecule has 0 spiro atoms. The van der Waals surface area contributed by atoms with Crippen molar-refractivity contribution in [1.29, 1.82) is 5.26 Å². The molecule has 0 atom stereocenters. The third-order valence-electron chi connectivity index (χ3n) is 2.02. The van der Waals surface area contributed by atoms with E-state index < -0.39 is 5.97 Å². The Kier molecular flexibility index (Phi) is 5.44. The number of nitriles is 1. The number of carboxylic acid groups (broad SMARTS) is 1.